The maximum absolute atomic E-state index is 12.6. The van der Waals surface area contributed by atoms with Gasteiger partial charge in [-0.25, -0.2) is 14.8 Å². The number of ether oxygens (including phenoxy) is 1. The van der Waals surface area contributed by atoms with E-state index in [0.29, 0.717) is 29.1 Å². The Kier molecular flexibility index (Phi) is 6.32. The first kappa shape index (κ1) is 20.9. The van der Waals surface area contributed by atoms with Crippen LogP contribution in [-0.4, -0.2) is 23.0 Å². The molecule has 2 aromatic carbocycles. The Balaban J connectivity index is 1.71. The summed E-state index contributed by atoms with van der Waals surface area (Å²) in [5.74, 6) is 5.77. The van der Waals surface area contributed by atoms with Gasteiger partial charge in [0.1, 0.15) is 12.1 Å². The molecule has 0 amide bonds. The van der Waals surface area contributed by atoms with Crippen LogP contribution < -0.4 is 5.32 Å². The molecule has 0 fully saturated rings. The molecule has 0 bridgehead atoms. The first-order valence-electron chi connectivity index (χ1n) is 8.77. The molecule has 1 heterocycles. The van der Waals surface area contributed by atoms with Crippen LogP contribution in [0, 0.1) is 11.8 Å². The lowest BCUT2D eigenvalue weighted by atomic mass is 10.1. The summed E-state index contributed by atoms with van der Waals surface area (Å²) >= 11 is 0. The van der Waals surface area contributed by atoms with E-state index >= 15 is 0 Å². The molecule has 3 aromatic rings. The minimum absolute atomic E-state index is 0.411. The number of benzene rings is 2. The van der Waals surface area contributed by atoms with Crippen LogP contribution in [-0.2, 0) is 17.5 Å². The van der Waals surface area contributed by atoms with E-state index in [1.807, 2.05) is 0 Å². The Hall–Kier alpha value is -3.86. The number of carbonyl (C=O) groups is 1. The van der Waals surface area contributed by atoms with E-state index in [4.69, 9.17) is 0 Å². The number of rotatable bonds is 4. The molecule has 0 atom stereocenters. The highest BCUT2D eigenvalue weighted by Gasteiger charge is 2.29. The first-order chi connectivity index (χ1) is 14.4. The zero-order valence-corrected chi connectivity index (χ0v) is 15.8. The lowest BCUT2D eigenvalue weighted by Crippen LogP contribution is -2.05. The number of hydrogen-bond donors (Lipinski definition) is 1. The van der Waals surface area contributed by atoms with Gasteiger partial charge in [-0.15, -0.1) is 0 Å². The third-order valence-corrected chi connectivity index (χ3v) is 4.10. The van der Waals surface area contributed by atoms with Gasteiger partial charge >= 0.3 is 12.1 Å². The summed E-state index contributed by atoms with van der Waals surface area (Å²) < 4.78 is 42.6. The molecule has 0 saturated heterocycles. The van der Waals surface area contributed by atoms with Gasteiger partial charge in [-0.1, -0.05) is 24.0 Å². The zero-order chi connectivity index (χ0) is 21.6. The van der Waals surface area contributed by atoms with E-state index in [0.717, 1.165) is 17.7 Å². The Bertz CT molecular complexity index is 1080. The molecule has 0 spiro atoms. The molecule has 1 N–H and O–H groups in total. The average Bonchev–Trinajstić information content (AvgIpc) is 2.76. The van der Waals surface area contributed by atoms with Gasteiger partial charge in [0.05, 0.1) is 23.8 Å². The summed E-state index contributed by atoms with van der Waals surface area (Å²) in [4.78, 5) is 19.6. The number of halogens is 3. The number of nitrogens with zero attached hydrogens (tertiary/aromatic N) is 2. The van der Waals surface area contributed by atoms with Crippen LogP contribution in [0.4, 0.5) is 19.0 Å². The van der Waals surface area contributed by atoms with Crippen molar-refractivity contribution in [3.8, 4) is 11.8 Å². The quantitative estimate of drug-likeness (QED) is 0.513. The van der Waals surface area contributed by atoms with E-state index in [1.54, 1.807) is 24.3 Å². The van der Waals surface area contributed by atoms with Crippen LogP contribution in [0.3, 0.4) is 0 Å². The zero-order valence-electron chi connectivity index (χ0n) is 15.8. The standard InChI is InChI=1S/C22H16F3N3O2/c1-30-21(29)17-7-3-16(4-8-17)12-27-20-18(13-26-14-28-20)9-2-15-5-10-19(11-6-15)22(23,24)25/h3-8,10-11,13-14H,12H2,1H3,(H,26,27,28). The highest BCUT2D eigenvalue weighted by molar-refractivity contribution is 5.89. The number of hydrogen-bond acceptors (Lipinski definition) is 5. The van der Waals surface area contributed by atoms with Crippen molar-refractivity contribution in [2.75, 3.05) is 12.4 Å². The van der Waals surface area contributed by atoms with Crippen LogP contribution in [0.2, 0.25) is 0 Å². The van der Waals surface area contributed by atoms with E-state index in [9.17, 15) is 18.0 Å². The lowest BCUT2D eigenvalue weighted by Gasteiger charge is -2.08. The predicted molar refractivity (Wildman–Crippen MR) is 105 cm³/mol. The molecule has 5 nitrogen and oxygen atoms in total. The molecule has 1 aromatic heterocycles. The van der Waals surface area contributed by atoms with E-state index in [2.05, 4.69) is 31.9 Å². The Morgan fingerprint density at radius 3 is 2.40 bits per heavy atom. The number of nitrogens with one attached hydrogen (secondary N) is 1. The van der Waals surface area contributed by atoms with E-state index in [-0.39, 0.29) is 0 Å². The lowest BCUT2D eigenvalue weighted by molar-refractivity contribution is -0.137. The highest BCUT2D eigenvalue weighted by Crippen LogP contribution is 2.29. The summed E-state index contributed by atoms with van der Waals surface area (Å²) in [7, 11) is 1.32. The van der Waals surface area contributed by atoms with Crippen LogP contribution >= 0.6 is 0 Å². The van der Waals surface area contributed by atoms with Crippen LogP contribution in [0.25, 0.3) is 0 Å². The molecule has 0 aliphatic heterocycles. The monoisotopic (exact) mass is 411 g/mol. The fraction of sp³-hybridized carbons (Fsp3) is 0.136. The fourth-order valence-corrected chi connectivity index (χ4v) is 2.51. The molecule has 0 radical (unpaired) electrons. The molecule has 0 unspecified atom stereocenters. The summed E-state index contributed by atoms with van der Waals surface area (Å²) in [5, 5.41) is 3.14. The molecule has 0 saturated carbocycles. The topological polar surface area (TPSA) is 64.1 Å². The second-order valence-electron chi connectivity index (χ2n) is 6.15. The number of carbonyl (C=O) groups excluding carboxylic acids is 1. The van der Waals surface area contributed by atoms with Gasteiger partial charge in [0, 0.05) is 18.3 Å². The molecule has 8 heteroatoms. The van der Waals surface area contributed by atoms with Crippen LogP contribution in [0.15, 0.2) is 61.1 Å². The second kappa shape index (κ2) is 9.09. The van der Waals surface area contributed by atoms with Gasteiger partial charge in [0.25, 0.3) is 0 Å². The Labute approximate surface area is 170 Å². The van der Waals surface area contributed by atoms with Crippen molar-refractivity contribution in [2.24, 2.45) is 0 Å². The summed E-state index contributed by atoms with van der Waals surface area (Å²) in [5.41, 5.74) is 1.57. The van der Waals surface area contributed by atoms with Crippen LogP contribution in [0.1, 0.15) is 32.6 Å². The molecule has 0 aliphatic rings. The van der Waals surface area contributed by atoms with Gasteiger partial charge in [-0.2, -0.15) is 13.2 Å². The largest absolute Gasteiger partial charge is 0.465 e. The molecule has 152 valence electrons. The second-order valence-corrected chi connectivity index (χ2v) is 6.15. The number of aromatic nitrogens is 2. The molecule has 30 heavy (non-hydrogen) atoms. The summed E-state index contributed by atoms with van der Waals surface area (Å²) in [6.07, 6.45) is -1.50. The average molecular weight is 411 g/mol. The SMILES string of the molecule is COC(=O)c1ccc(CNc2ncncc2C#Cc2ccc(C(F)(F)F)cc2)cc1. The number of anilines is 1. The van der Waals surface area contributed by atoms with Gasteiger partial charge < -0.3 is 10.1 Å². The van der Waals surface area contributed by atoms with Crippen molar-refractivity contribution in [2.45, 2.75) is 12.7 Å². The third kappa shape index (κ3) is 5.35. The van der Waals surface area contributed by atoms with Crippen molar-refractivity contribution >= 4 is 11.8 Å². The molecular weight excluding hydrogens is 395 g/mol. The van der Waals surface area contributed by atoms with Crippen molar-refractivity contribution < 1.29 is 22.7 Å². The first-order valence-corrected chi connectivity index (χ1v) is 8.77. The maximum Gasteiger partial charge on any atom is 0.416 e. The Morgan fingerprint density at radius 1 is 1.07 bits per heavy atom. The molecule has 3 rings (SSSR count). The van der Waals surface area contributed by atoms with Gasteiger partial charge in [0.15, 0.2) is 0 Å². The minimum atomic E-state index is -4.38. The van der Waals surface area contributed by atoms with Crippen molar-refractivity contribution in [1.82, 2.24) is 9.97 Å². The van der Waals surface area contributed by atoms with E-state index < -0.39 is 17.7 Å². The minimum Gasteiger partial charge on any atom is -0.465 e. The summed E-state index contributed by atoms with van der Waals surface area (Å²) in [6, 6.07) is 11.5. The Morgan fingerprint density at radius 2 is 1.77 bits per heavy atom. The smallest absolute Gasteiger partial charge is 0.416 e. The van der Waals surface area contributed by atoms with Crippen LogP contribution in [0.5, 0.6) is 0 Å². The van der Waals surface area contributed by atoms with Gasteiger partial charge in [-0.3, -0.25) is 0 Å². The van der Waals surface area contributed by atoms with Gasteiger partial charge in [-0.05, 0) is 42.0 Å². The number of methoxy groups -OCH3 is 1. The summed E-state index contributed by atoms with van der Waals surface area (Å²) in [6.45, 7) is 0.424. The predicted octanol–water partition coefficient (Wildman–Crippen LogP) is 4.29. The van der Waals surface area contributed by atoms with E-state index in [1.165, 1.54) is 31.8 Å². The van der Waals surface area contributed by atoms with Crippen molar-refractivity contribution in [3.63, 3.8) is 0 Å². The number of alkyl halides is 3. The maximum atomic E-state index is 12.6. The van der Waals surface area contributed by atoms with Crippen molar-refractivity contribution in [1.29, 1.82) is 0 Å². The normalized spacial score (nSPS) is 10.7. The molecular formula is C22H16F3N3O2. The van der Waals surface area contributed by atoms with Gasteiger partial charge in [0.2, 0.25) is 0 Å². The fourth-order valence-electron chi connectivity index (χ4n) is 2.51. The highest BCUT2D eigenvalue weighted by atomic mass is 19.4. The molecule has 0 aliphatic carbocycles. The number of esters is 1. The van der Waals surface area contributed by atoms with Crippen molar-refractivity contribution in [3.05, 3.63) is 88.9 Å². The third-order valence-electron chi connectivity index (χ3n) is 4.10.